The molecule has 1 atom stereocenters. The summed E-state index contributed by atoms with van der Waals surface area (Å²) in [5.74, 6) is -0.660. The van der Waals surface area contributed by atoms with E-state index in [1.807, 2.05) is 0 Å². The van der Waals surface area contributed by atoms with E-state index in [-0.39, 0.29) is 11.7 Å². The molecule has 0 aromatic heterocycles. The van der Waals surface area contributed by atoms with E-state index in [0.717, 1.165) is 0 Å². The molecule has 1 amide bonds. The zero-order chi connectivity index (χ0) is 8.85. The molecule has 0 aliphatic heterocycles. The molecular weight excluding hydrogens is 166 g/mol. The molecule has 0 aromatic carbocycles. The molecule has 4 nitrogen and oxygen atoms in total. The van der Waals surface area contributed by atoms with E-state index in [2.05, 4.69) is 22.7 Å². The van der Waals surface area contributed by atoms with E-state index in [0.29, 0.717) is 0 Å². The Balaban J connectivity index is 3.94. The predicted octanol–water partition coefficient (Wildman–Crippen LogP) is -0.138. The third kappa shape index (κ3) is 3.87. The molecule has 0 bridgehead atoms. The lowest BCUT2D eigenvalue weighted by Gasteiger charge is -2.11. The first-order valence-corrected chi connectivity index (χ1v) is 3.62. The second-order valence-corrected chi connectivity index (χ2v) is 2.28. The average molecular weight is 176 g/mol. The highest BCUT2D eigenvalue weighted by atomic mass is 32.1. The Morgan fingerprint density at radius 1 is 1.64 bits per heavy atom. The number of carbonyl (C=O) groups is 2. The van der Waals surface area contributed by atoms with Crippen LogP contribution < -0.4 is 5.32 Å². The third-order valence-corrected chi connectivity index (χ3v) is 1.36. The Morgan fingerprint density at radius 3 is 2.45 bits per heavy atom. The molecule has 0 aliphatic carbocycles. The summed E-state index contributed by atoms with van der Waals surface area (Å²) in [5.41, 5.74) is 0. The highest BCUT2D eigenvalue weighted by Crippen LogP contribution is 1.90. The van der Waals surface area contributed by atoms with E-state index in [4.69, 9.17) is 0 Å². The van der Waals surface area contributed by atoms with Gasteiger partial charge in [0.05, 0.1) is 7.11 Å². The van der Waals surface area contributed by atoms with Crippen LogP contribution in [-0.2, 0) is 14.3 Å². The van der Waals surface area contributed by atoms with Gasteiger partial charge in [0, 0.05) is 12.7 Å². The predicted molar refractivity (Wildman–Crippen MR) is 42.1 cm³/mol. The number of hydrogen-bond donors (Lipinski definition) is 1. The molecule has 63 valence electrons. The van der Waals surface area contributed by atoms with E-state index in [1.54, 1.807) is 0 Å². The molecule has 0 aliphatic rings. The molecular formula is C6H10NO3S. The number of esters is 1. The van der Waals surface area contributed by atoms with Crippen LogP contribution in [0.5, 0.6) is 0 Å². The minimum absolute atomic E-state index is 0.131. The maximum absolute atomic E-state index is 10.8. The quantitative estimate of drug-likeness (QED) is 0.609. The molecule has 0 rings (SSSR count). The van der Waals surface area contributed by atoms with Crippen LogP contribution in [0.2, 0.25) is 0 Å². The number of nitrogens with one attached hydrogen (secondary N) is 1. The molecule has 0 saturated heterocycles. The molecule has 0 fully saturated rings. The molecule has 11 heavy (non-hydrogen) atoms. The minimum Gasteiger partial charge on any atom is -0.467 e. The lowest BCUT2D eigenvalue weighted by atomic mass is 10.3. The van der Waals surface area contributed by atoms with Gasteiger partial charge in [-0.3, -0.25) is 4.79 Å². The SMILES string of the molecule is COC(=O)[C@@H](C[S])NC(C)=O. The molecule has 0 saturated carbocycles. The number of methoxy groups -OCH3 is 1. The fraction of sp³-hybridized carbons (Fsp3) is 0.667. The van der Waals surface area contributed by atoms with Crippen LogP contribution >= 0.6 is 12.6 Å². The van der Waals surface area contributed by atoms with Crippen LogP contribution in [0.3, 0.4) is 0 Å². The highest BCUT2D eigenvalue weighted by molar-refractivity contribution is 7.80. The van der Waals surface area contributed by atoms with Gasteiger partial charge >= 0.3 is 5.97 Å². The van der Waals surface area contributed by atoms with Gasteiger partial charge < -0.3 is 10.1 Å². The number of carbonyl (C=O) groups excluding carboxylic acids is 2. The van der Waals surface area contributed by atoms with Gasteiger partial charge in [-0.1, -0.05) is 12.6 Å². The summed E-state index contributed by atoms with van der Waals surface area (Å²) in [7, 11) is 1.25. The fourth-order valence-corrected chi connectivity index (χ4v) is 0.776. The fourth-order valence-electron chi connectivity index (χ4n) is 0.556. The molecule has 0 spiro atoms. The highest BCUT2D eigenvalue weighted by Gasteiger charge is 2.17. The maximum atomic E-state index is 10.8. The Hall–Kier alpha value is -0.710. The monoisotopic (exact) mass is 176 g/mol. The van der Waals surface area contributed by atoms with E-state index < -0.39 is 12.0 Å². The Bertz CT molecular complexity index is 160. The van der Waals surface area contributed by atoms with Crippen molar-refractivity contribution in [1.29, 1.82) is 0 Å². The first-order valence-electron chi connectivity index (χ1n) is 3.04. The van der Waals surface area contributed by atoms with Crippen molar-refractivity contribution in [1.82, 2.24) is 5.32 Å². The van der Waals surface area contributed by atoms with Crippen LogP contribution in [0.4, 0.5) is 0 Å². The summed E-state index contributed by atoms with van der Waals surface area (Å²) >= 11 is 4.62. The van der Waals surface area contributed by atoms with Gasteiger partial charge in [-0.2, -0.15) is 0 Å². The van der Waals surface area contributed by atoms with Crippen molar-refractivity contribution >= 4 is 24.5 Å². The van der Waals surface area contributed by atoms with Crippen molar-refractivity contribution in [2.75, 3.05) is 12.9 Å². The van der Waals surface area contributed by atoms with Crippen LogP contribution in [0.1, 0.15) is 6.92 Å². The first-order chi connectivity index (χ1) is 5.11. The second-order valence-electron chi connectivity index (χ2n) is 1.94. The van der Waals surface area contributed by atoms with Crippen molar-refractivity contribution in [2.24, 2.45) is 0 Å². The zero-order valence-electron chi connectivity index (χ0n) is 6.42. The smallest absolute Gasteiger partial charge is 0.329 e. The van der Waals surface area contributed by atoms with E-state index in [9.17, 15) is 9.59 Å². The molecule has 5 heteroatoms. The number of rotatable bonds is 3. The van der Waals surface area contributed by atoms with Gasteiger partial charge in [0.1, 0.15) is 6.04 Å². The molecule has 0 aromatic rings. The summed E-state index contributed by atoms with van der Waals surface area (Å²) in [6.45, 7) is 1.32. The lowest BCUT2D eigenvalue weighted by Crippen LogP contribution is -2.41. The van der Waals surface area contributed by atoms with Gasteiger partial charge in [-0.25, -0.2) is 4.79 Å². The zero-order valence-corrected chi connectivity index (χ0v) is 7.23. The van der Waals surface area contributed by atoms with E-state index in [1.165, 1.54) is 14.0 Å². The van der Waals surface area contributed by atoms with Gasteiger partial charge in [0.15, 0.2) is 0 Å². The Labute approximate surface area is 70.7 Å². The molecule has 1 N–H and O–H groups in total. The largest absolute Gasteiger partial charge is 0.467 e. The van der Waals surface area contributed by atoms with Crippen molar-refractivity contribution in [2.45, 2.75) is 13.0 Å². The summed E-state index contributed by atoms with van der Waals surface area (Å²) < 4.78 is 4.38. The van der Waals surface area contributed by atoms with Gasteiger partial charge in [0.25, 0.3) is 0 Å². The summed E-state index contributed by atoms with van der Waals surface area (Å²) in [6.07, 6.45) is 0. The lowest BCUT2D eigenvalue weighted by molar-refractivity contribution is -0.144. The average Bonchev–Trinajstić information content (AvgIpc) is 1.98. The number of amides is 1. The molecule has 0 unspecified atom stereocenters. The molecule has 0 heterocycles. The Morgan fingerprint density at radius 2 is 2.18 bits per heavy atom. The number of ether oxygens (including phenoxy) is 1. The maximum Gasteiger partial charge on any atom is 0.329 e. The van der Waals surface area contributed by atoms with Crippen molar-refractivity contribution in [3.63, 3.8) is 0 Å². The standard InChI is InChI=1S/C6H10NO3S/c1-4(8)7-5(3-11)6(9)10-2/h5H,3H2,1-2H3,(H,7,8)/t5-/m1/s1. The van der Waals surface area contributed by atoms with Crippen molar-refractivity contribution in [3.05, 3.63) is 0 Å². The van der Waals surface area contributed by atoms with Crippen LogP contribution in [0, 0.1) is 0 Å². The first kappa shape index (κ1) is 10.3. The summed E-state index contributed by atoms with van der Waals surface area (Å²) in [4.78, 5) is 21.2. The van der Waals surface area contributed by atoms with Crippen LogP contribution in [0.15, 0.2) is 0 Å². The second kappa shape index (κ2) is 5.01. The Kier molecular flexibility index (Phi) is 4.69. The van der Waals surface area contributed by atoms with Crippen LogP contribution in [-0.4, -0.2) is 30.8 Å². The van der Waals surface area contributed by atoms with Gasteiger partial charge in [0.2, 0.25) is 5.91 Å². The summed E-state index contributed by atoms with van der Waals surface area (Å²) in [5, 5.41) is 2.36. The van der Waals surface area contributed by atoms with Gasteiger partial charge in [-0.15, -0.1) is 0 Å². The molecule has 1 radical (unpaired) electrons. The summed E-state index contributed by atoms with van der Waals surface area (Å²) in [6, 6.07) is -0.688. The topological polar surface area (TPSA) is 55.4 Å². The minimum atomic E-state index is -0.688. The van der Waals surface area contributed by atoms with Crippen molar-refractivity contribution in [3.8, 4) is 0 Å². The van der Waals surface area contributed by atoms with Crippen LogP contribution in [0.25, 0.3) is 0 Å². The number of hydrogen-bond acceptors (Lipinski definition) is 3. The van der Waals surface area contributed by atoms with Gasteiger partial charge in [-0.05, 0) is 0 Å². The third-order valence-electron chi connectivity index (χ3n) is 1.03. The van der Waals surface area contributed by atoms with Crippen molar-refractivity contribution < 1.29 is 14.3 Å². The normalized spacial score (nSPS) is 11.9. The van der Waals surface area contributed by atoms with E-state index >= 15 is 0 Å².